The Morgan fingerprint density at radius 3 is 2.69 bits per heavy atom. The van der Waals surface area contributed by atoms with Gasteiger partial charge in [0, 0.05) is 11.3 Å². The van der Waals surface area contributed by atoms with E-state index in [0.717, 1.165) is 0 Å². The van der Waals surface area contributed by atoms with Gasteiger partial charge in [0.25, 0.3) is 0 Å². The van der Waals surface area contributed by atoms with E-state index in [1.54, 1.807) is 24.3 Å². The molecule has 1 unspecified atom stereocenters. The van der Waals surface area contributed by atoms with E-state index in [4.69, 9.17) is 23.8 Å². The molecule has 1 fully saturated rings. The van der Waals surface area contributed by atoms with Crippen molar-refractivity contribution in [3.63, 3.8) is 0 Å². The second-order valence-corrected chi connectivity index (χ2v) is 9.41. The molecule has 3 rings (SSSR count). The Hall–Kier alpha value is -2.20. The summed E-state index contributed by atoms with van der Waals surface area (Å²) in [4.78, 5) is 12.6. The van der Waals surface area contributed by atoms with E-state index in [0.29, 0.717) is 15.1 Å². The lowest BCUT2D eigenvalue weighted by atomic mass is 10.1. The average molecular weight is 453 g/mol. The molecule has 1 aliphatic heterocycles. The molecule has 6 nitrogen and oxygen atoms in total. The van der Waals surface area contributed by atoms with Crippen LogP contribution in [0.1, 0.15) is 19.4 Å². The third-order valence-corrected chi connectivity index (χ3v) is 6.03. The van der Waals surface area contributed by atoms with Gasteiger partial charge in [-0.15, -0.1) is 0 Å². The molecule has 1 saturated heterocycles. The van der Waals surface area contributed by atoms with E-state index in [2.05, 4.69) is 10.4 Å². The first-order chi connectivity index (χ1) is 13.7. The Morgan fingerprint density at radius 2 is 2.03 bits per heavy atom. The van der Waals surface area contributed by atoms with Crippen molar-refractivity contribution < 1.29 is 14.4 Å². The van der Waals surface area contributed by atoms with Gasteiger partial charge in [-0.25, -0.2) is 14.2 Å². The number of urea groups is 1. The first-order valence-corrected chi connectivity index (χ1v) is 10.2. The molecule has 0 aromatic heterocycles. The SMILES string of the molecule is CC1(C)SC(=S)N(/N=C/c2c(F)cccc2Cl)C1N(O)C(=O)Nc1ccccc1. The molecule has 0 aliphatic carbocycles. The molecule has 0 spiro atoms. The minimum Gasteiger partial charge on any atom is -0.306 e. The highest BCUT2D eigenvalue weighted by Gasteiger charge is 2.50. The largest absolute Gasteiger partial charge is 0.347 e. The maximum absolute atomic E-state index is 14.0. The summed E-state index contributed by atoms with van der Waals surface area (Å²) in [7, 11) is 0. The molecule has 2 aromatic rings. The Morgan fingerprint density at radius 1 is 1.34 bits per heavy atom. The summed E-state index contributed by atoms with van der Waals surface area (Å²) in [6.45, 7) is 3.64. The predicted molar refractivity (Wildman–Crippen MR) is 118 cm³/mol. The maximum atomic E-state index is 14.0. The summed E-state index contributed by atoms with van der Waals surface area (Å²) in [5.74, 6) is -0.544. The van der Waals surface area contributed by atoms with Crippen LogP contribution in [0.5, 0.6) is 0 Å². The van der Waals surface area contributed by atoms with E-state index < -0.39 is 22.8 Å². The number of hydrogen-bond acceptors (Lipinski definition) is 5. The van der Waals surface area contributed by atoms with Crippen LogP contribution >= 0.6 is 35.6 Å². The van der Waals surface area contributed by atoms with Gasteiger partial charge in [0.05, 0.1) is 16.0 Å². The molecule has 0 bridgehead atoms. The molecule has 152 valence electrons. The molecule has 10 heteroatoms. The van der Waals surface area contributed by atoms with E-state index in [1.165, 1.54) is 41.2 Å². The number of hydrazone groups is 1. The number of carbonyl (C=O) groups is 1. The highest BCUT2D eigenvalue weighted by Crippen LogP contribution is 2.42. The van der Waals surface area contributed by atoms with Gasteiger partial charge in [-0.3, -0.25) is 5.21 Å². The molecular weight excluding hydrogens is 435 g/mol. The number of para-hydroxylation sites is 1. The summed E-state index contributed by atoms with van der Waals surface area (Å²) in [5.41, 5.74) is 0.611. The number of thioether (sulfide) groups is 1. The summed E-state index contributed by atoms with van der Waals surface area (Å²) in [6, 6.07) is 12.3. The monoisotopic (exact) mass is 452 g/mol. The lowest BCUT2D eigenvalue weighted by Crippen LogP contribution is -2.54. The second-order valence-electron chi connectivity index (χ2n) is 6.71. The Kier molecular flexibility index (Phi) is 6.42. The normalized spacial score (nSPS) is 18.3. The third-order valence-electron chi connectivity index (χ3n) is 4.17. The van der Waals surface area contributed by atoms with Gasteiger partial charge in [0.15, 0.2) is 10.5 Å². The number of anilines is 1. The maximum Gasteiger partial charge on any atom is 0.347 e. The smallest absolute Gasteiger partial charge is 0.306 e. The number of benzene rings is 2. The van der Waals surface area contributed by atoms with Crippen LogP contribution in [0, 0.1) is 5.82 Å². The molecule has 1 aliphatic rings. The van der Waals surface area contributed by atoms with Gasteiger partial charge in [0.1, 0.15) is 5.82 Å². The van der Waals surface area contributed by atoms with Gasteiger partial charge in [0.2, 0.25) is 0 Å². The minimum atomic E-state index is -0.925. The number of nitrogens with zero attached hydrogens (tertiary/aromatic N) is 3. The van der Waals surface area contributed by atoms with Crippen molar-refractivity contribution in [1.82, 2.24) is 10.1 Å². The van der Waals surface area contributed by atoms with Crippen LogP contribution in [0.15, 0.2) is 53.6 Å². The van der Waals surface area contributed by atoms with Gasteiger partial charge in [-0.2, -0.15) is 10.2 Å². The van der Waals surface area contributed by atoms with Crippen LogP contribution in [-0.4, -0.2) is 42.8 Å². The van der Waals surface area contributed by atoms with Crippen molar-refractivity contribution in [2.75, 3.05) is 5.32 Å². The molecule has 2 aromatic carbocycles. The molecule has 0 radical (unpaired) electrons. The molecule has 1 atom stereocenters. The number of nitrogens with one attached hydrogen (secondary N) is 1. The van der Waals surface area contributed by atoms with Crippen molar-refractivity contribution in [2.45, 2.75) is 24.8 Å². The van der Waals surface area contributed by atoms with E-state index in [9.17, 15) is 14.4 Å². The number of carbonyl (C=O) groups excluding carboxylic acids is 1. The molecule has 29 heavy (non-hydrogen) atoms. The average Bonchev–Trinajstić information content (AvgIpc) is 2.89. The fraction of sp³-hybridized carbons (Fsp3) is 0.211. The highest BCUT2D eigenvalue weighted by atomic mass is 35.5. The minimum absolute atomic E-state index is 0.0867. The summed E-state index contributed by atoms with van der Waals surface area (Å²) >= 11 is 12.7. The number of hydrogen-bond donors (Lipinski definition) is 2. The standard InChI is InChI=1S/C19H18ClFN4O2S2/c1-19(2)16(25(27)17(26)23-12-7-4-3-5-8-12)24(18(28)29-19)22-11-13-14(20)9-6-10-15(13)21/h3-11,16,27H,1-2H3,(H,23,26)/b22-11+. The van der Waals surface area contributed by atoms with Crippen molar-refractivity contribution >= 4 is 57.8 Å². The zero-order valence-electron chi connectivity index (χ0n) is 15.5. The number of rotatable bonds is 4. The zero-order chi connectivity index (χ0) is 21.2. The second kappa shape index (κ2) is 8.66. The van der Waals surface area contributed by atoms with Crippen molar-refractivity contribution in [2.24, 2.45) is 5.10 Å². The quantitative estimate of drug-likeness (QED) is 0.290. The van der Waals surface area contributed by atoms with Gasteiger partial charge in [-0.1, -0.05) is 59.8 Å². The van der Waals surface area contributed by atoms with E-state index in [-0.39, 0.29) is 10.6 Å². The van der Waals surface area contributed by atoms with E-state index in [1.807, 2.05) is 19.9 Å². The number of thiocarbonyl (C=S) groups is 1. The first-order valence-electron chi connectivity index (χ1n) is 8.55. The van der Waals surface area contributed by atoms with Gasteiger partial charge >= 0.3 is 6.03 Å². The fourth-order valence-electron chi connectivity index (χ4n) is 2.79. The Balaban J connectivity index is 1.86. The van der Waals surface area contributed by atoms with Crippen molar-refractivity contribution in [3.8, 4) is 0 Å². The molecule has 2 N–H and O–H groups in total. The van der Waals surface area contributed by atoms with E-state index >= 15 is 0 Å². The number of halogens is 2. The lowest BCUT2D eigenvalue weighted by Gasteiger charge is -2.34. The fourth-order valence-corrected chi connectivity index (χ4v) is 4.79. The van der Waals surface area contributed by atoms with Gasteiger partial charge < -0.3 is 5.32 Å². The molecule has 1 heterocycles. The van der Waals surface area contributed by atoms with Gasteiger partial charge in [-0.05, 0) is 38.1 Å². The molecular formula is C19H18ClFN4O2S2. The van der Waals surface area contributed by atoms with Crippen LogP contribution in [0.2, 0.25) is 5.02 Å². The summed E-state index contributed by atoms with van der Waals surface area (Å²) in [5, 5.41) is 19.5. The Bertz CT molecular complexity index is 938. The van der Waals surface area contributed by atoms with Crippen LogP contribution < -0.4 is 5.32 Å². The highest BCUT2D eigenvalue weighted by molar-refractivity contribution is 8.24. The zero-order valence-corrected chi connectivity index (χ0v) is 17.9. The predicted octanol–water partition coefficient (Wildman–Crippen LogP) is 5.17. The van der Waals surface area contributed by atoms with Crippen LogP contribution in [0.3, 0.4) is 0 Å². The number of amides is 2. The third kappa shape index (κ3) is 4.69. The summed E-state index contributed by atoms with van der Waals surface area (Å²) < 4.78 is 13.7. The topological polar surface area (TPSA) is 68.2 Å². The van der Waals surface area contributed by atoms with Crippen LogP contribution in [0.4, 0.5) is 14.9 Å². The van der Waals surface area contributed by atoms with Crippen molar-refractivity contribution in [1.29, 1.82) is 0 Å². The molecule has 2 amide bonds. The number of hydroxylamine groups is 2. The Labute approximate surface area is 182 Å². The first kappa shape index (κ1) is 21.5. The lowest BCUT2D eigenvalue weighted by molar-refractivity contribution is -0.114. The van der Waals surface area contributed by atoms with Crippen LogP contribution in [-0.2, 0) is 0 Å². The van der Waals surface area contributed by atoms with Crippen LogP contribution in [0.25, 0.3) is 0 Å². The summed E-state index contributed by atoms with van der Waals surface area (Å²) in [6.07, 6.45) is 0.299. The van der Waals surface area contributed by atoms with Crippen molar-refractivity contribution in [3.05, 3.63) is 64.9 Å². The molecule has 0 saturated carbocycles.